The summed E-state index contributed by atoms with van der Waals surface area (Å²) < 4.78 is 0. The predicted octanol–water partition coefficient (Wildman–Crippen LogP) is 2.38. The topological polar surface area (TPSA) is 43.1 Å². The zero-order chi connectivity index (χ0) is 10.7. The Labute approximate surface area is 89.3 Å². The molecular formula is C12H15NO2. The number of nitrogens with zero attached hydrogens (tertiary/aromatic N) is 1. The van der Waals surface area contributed by atoms with Crippen molar-refractivity contribution in [2.24, 2.45) is 0 Å². The Morgan fingerprint density at radius 2 is 2.07 bits per heavy atom. The number of benzene rings is 1. The molecule has 0 aliphatic heterocycles. The largest absolute Gasteiger partial charge is 0.265 e. The average molecular weight is 205 g/mol. The first-order chi connectivity index (χ1) is 7.27. The number of hydrogen-bond donors (Lipinski definition) is 0. The molecule has 0 heterocycles. The second kappa shape index (κ2) is 4.43. The van der Waals surface area contributed by atoms with Crippen molar-refractivity contribution in [3.8, 4) is 0 Å². The van der Waals surface area contributed by atoms with Crippen LogP contribution in [-0.4, -0.2) is 11.5 Å². The van der Waals surface area contributed by atoms with E-state index in [1.165, 1.54) is 29.5 Å². The molecule has 0 fully saturated rings. The maximum absolute atomic E-state index is 10.3. The van der Waals surface area contributed by atoms with Gasteiger partial charge in [-0.1, -0.05) is 18.2 Å². The van der Waals surface area contributed by atoms with Gasteiger partial charge in [-0.3, -0.25) is 10.1 Å². The van der Waals surface area contributed by atoms with Gasteiger partial charge in [0.15, 0.2) is 0 Å². The summed E-state index contributed by atoms with van der Waals surface area (Å²) in [5, 5.41) is 10.3. The van der Waals surface area contributed by atoms with Crippen LogP contribution >= 0.6 is 0 Å². The van der Waals surface area contributed by atoms with Gasteiger partial charge in [-0.25, -0.2) is 0 Å². The zero-order valence-electron chi connectivity index (χ0n) is 8.74. The van der Waals surface area contributed by atoms with Crippen LogP contribution in [0, 0.1) is 10.1 Å². The lowest BCUT2D eigenvalue weighted by Gasteiger charge is -2.18. The Morgan fingerprint density at radius 1 is 1.27 bits per heavy atom. The van der Waals surface area contributed by atoms with Crippen LogP contribution in [0.3, 0.4) is 0 Å². The van der Waals surface area contributed by atoms with Gasteiger partial charge in [-0.05, 0) is 42.4 Å². The molecule has 0 N–H and O–H groups in total. The highest BCUT2D eigenvalue weighted by Crippen LogP contribution is 2.24. The summed E-state index contributed by atoms with van der Waals surface area (Å²) in [6, 6.07) is 6.22. The lowest BCUT2D eigenvalue weighted by Crippen LogP contribution is -2.10. The Bertz CT molecular complexity index is 374. The van der Waals surface area contributed by atoms with Gasteiger partial charge in [-0.15, -0.1) is 0 Å². The molecule has 0 saturated carbocycles. The van der Waals surface area contributed by atoms with Crippen molar-refractivity contribution in [1.29, 1.82) is 0 Å². The standard InChI is InChI=1S/C12H15NO2/c14-13(15)9-8-11-6-3-5-10-4-1-2-7-12(10)11/h3,5-6H,1-2,4,7-9H2. The summed E-state index contributed by atoms with van der Waals surface area (Å²) in [6.07, 6.45) is 5.30. The van der Waals surface area contributed by atoms with E-state index in [2.05, 4.69) is 6.07 Å². The molecule has 0 aromatic heterocycles. The second-order valence-electron chi connectivity index (χ2n) is 4.07. The molecule has 3 heteroatoms. The Hall–Kier alpha value is -1.38. The first kappa shape index (κ1) is 10.1. The predicted molar refractivity (Wildman–Crippen MR) is 58.6 cm³/mol. The third-order valence-electron chi connectivity index (χ3n) is 3.06. The van der Waals surface area contributed by atoms with Crippen LogP contribution < -0.4 is 0 Å². The fourth-order valence-corrected chi connectivity index (χ4v) is 2.31. The summed E-state index contributed by atoms with van der Waals surface area (Å²) in [6.45, 7) is 0.0520. The van der Waals surface area contributed by atoms with E-state index in [1.807, 2.05) is 12.1 Å². The van der Waals surface area contributed by atoms with E-state index in [4.69, 9.17) is 0 Å². The van der Waals surface area contributed by atoms with Crippen LogP contribution in [0.4, 0.5) is 0 Å². The van der Waals surface area contributed by atoms with E-state index in [0.29, 0.717) is 6.42 Å². The van der Waals surface area contributed by atoms with Crippen molar-refractivity contribution in [3.05, 3.63) is 45.0 Å². The van der Waals surface area contributed by atoms with Crippen molar-refractivity contribution < 1.29 is 4.92 Å². The van der Waals surface area contributed by atoms with Gasteiger partial charge < -0.3 is 0 Å². The lowest BCUT2D eigenvalue weighted by atomic mass is 9.87. The van der Waals surface area contributed by atoms with Gasteiger partial charge >= 0.3 is 0 Å². The molecule has 0 radical (unpaired) electrons. The first-order valence-electron chi connectivity index (χ1n) is 5.49. The maximum Gasteiger partial charge on any atom is 0.207 e. The van der Waals surface area contributed by atoms with Crippen molar-refractivity contribution >= 4 is 0 Å². The normalized spacial score (nSPS) is 14.7. The number of rotatable bonds is 3. The van der Waals surface area contributed by atoms with Crippen LogP contribution in [0.25, 0.3) is 0 Å². The van der Waals surface area contributed by atoms with Crippen LogP contribution in [0.1, 0.15) is 29.5 Å². The molecule has 2 rings (SSSR count). The summed E-state index contributed by atoms with van der Waals surface area (Å²) in [4.78, 5) is 10.1. The van der Waals surface area contributed by atoms with Crippen LogP contribution in [-0.2, 0) is 19.3 Å². The quantitative estimate of drug-likeness (QED) is 0.561. The highest BCUT2D eigenvalue weighted by molar-refractivity contribution is 5.37. The van der Waals surface area contributed by atoms with E-state index in [0.717, 1.165) is 12.8 Å². The monoisotopic (exact) mass is 205 g/mol. The van der Waals surface area contributed by atoms with E-state index in [1.54, 1.807) is 0 Å². The van der Waals surface area contributed by atoms with Crippen LogP contribution in [0.5, 0.6) is 0 Å². The molecule has 1 aromatic carbocycles. The SMILES string of the molecule is O=[N+]([O-])CCc1cccc2c1CCCC2. The van der Waals surface area contributed by atoms with E-state index < -0.39 is 0 Å². The van der Waals surface area contributed by atoms with Crippen molar-refractivity contribution in [2.75, 3.05) is 6.54 Å². The minimum atomic E-state index is -0.234. The first-order valence-corrected chi connectivity index (χ1v) is 5.49. The minimum Gasteiger partial charge on any atom is -0.265 e. The summed E-state index contributed by atoms with van der Waals surface area (Å²) in [5.41, 5.74) is 3.97. The molecule has 15 heavy (non-hydrogen) atoms. The van der Waals surface area contributed by atoms with Gasteiger partial charge in [0.25, 0.3) is 0 Å². The fraction of sp³-hybridized carbons (Fsp3) is 0.500. The molecule has 0 spiro atoms. The number of nitro groups is 1. The molecule has 80 valence electrons. The summed E-state index contributed by atoms with van der Waals surface area (Å²) in [7, 11) is 0. The molecule has 1 aliphatic rings. The fourth-order valence-electron chi connectivity index (χ4n) is 2.31. The molecule has 1 aliphatic carbocycles. The molecule has 0 unspecified atom stereocenters. The van der Waals surface area contributed by atoms with Gasteiger partial charge in [-0.2, -0.15) is 0 Å². The molecule has 0 atom stereocenters. The Kier molecular flexibility index (Phi) is 2.99. The third kappa shape index (κ3) is 2.35. The molecular weight excluding hydrogens is 190 g/mol. The van der Waals surface area contributed by atoms with Crippen molar-refractivity contribution in [1.82, 2.24) is 0 Å². The third-order valence-corrected chi connectivity index (χ3v) is 3.06. The van der Waals surface area contributed by atoms with E-state index >= 15 is 0 Å². The minimum absolute atomic E-state index is 0.0520. The Morgan fingerprint density at radius 3 is 2.87 bits per heavy atom. The highest BCUT2D eigenvalue weighted by atomic mass is 16.6. The van der Waals surface area contributed by atoms with E-state index in [-0.39, 0.29) is 11.5 Å². The van der Waals surface area contributed by atoms with Crippen LogP contribution in [0.2, 0.25) is 0 Å². The van der Waals surface area contributed by atoms with Crippen LogP contribution in [0.15, 0.2) is 18.2 Å². The molecule has 0 bridgehead atoms. The molecule has 1 aromatic rings. The second-order valence-corrected chi connectivity index (χ2v) is 4.07. The highest BCUT2D eigenvalue weighted by Gasteiger charge is 2.13. The van der Waals surface area contributed by atoms with Gasteiger partial charge in [0.1, 0.15) is 0 Å². The summed E-state index contributed by atoms with van der Waals surface area (Å²) >= 11 is 0. The smallest absolute Gasteiger partial charge is 0.207 e. The summed E-state index contributed by atoms with van der Waals surface area (Å²) in [5.74, 6) is 0. The number of aryl methyl sites for hydroxylation is 1. The van der Waals surface area contributed by atoms with E-state index in [9.17, 15) is 10.1 Å². The molecule has 0 saturated heterocycles. The van der Waals surface area contributed by atoms with Crippen molar-refractivity contribution in [3.63, 3.8) is 0 Å². The lowest BCUT2D eigenvalue weighted by molar-refractivity contribution is -0.479. The Balaban J connectivity index is 2.19. The van der Waals surface area contributed by atoms with Gasteiger partial charge in [0.2, 0.25) is 6.54 Å². The molecule has 3 nitrogen and oxygen atoms in total. The average Bonchev–Trinajstić information content (AvgIpc) is 2.26. The van der Waals surface area contributed by atoms with Gasteiger partial charge in [0.05, 0.1) is 0 Å². The number of hydrogen-bond acceptors (Lipinski definition) is 2. The van der Waals surface area contributed by atoms with Crippen molar-refractivity contribution in [2.45, 2.75) is 32.1 Å². The zero-order valence-corrected chi connectivity index (χ0v) is 8.74. The molecule has 0 amide bonds. The number of fused-ring (bicyclic) bond motifs is 1. The maximum atomic E-state index is 10.3. The van der Waals surface area contributed by atoms with Gasteiger partial charge in [0, 0.05) is 11.3 Å².